The first kappa shape index (κ1) is 19.2. The van der Waals surface area contributed by atoms with E-state index in [1.54, 1.807) is 24.9 Å². The molecule has 0 unspecified atom stereocenters. The van der Waals surface area contributed by atoms with E-state index >= 15 is 0 Å². The number of nitrogens with zero attached hydrogens (tertiary/aromatic N) is 3. The Morgan fingerprint density at radius 2 is 2.04 bits per heavy atom. The van der Waals surface area contributed by atoms with Crippen molar-refractivity contribution in [3.8, 4) is 0 Å². The third-order valence-electron chi connectivity index (χ3n) is 3.51. The Balaban J connectivity index is 1.96. The molecule has 0 aliphatic carbocycles. The van der Waals surface area contributed by atoms with Gasteiger partial charge in [0.2, 0.25) is 0 Å². The van der Waals surface area contributed by atoms with E-state index in [0.717, 1.165) is 15.7 Å². The van der Waals surface area contributed by atoms with Crippen molar-refractivity contribution in [3.63, 3.8) is 0 Å². The average Bonchev–Trinajstić information content (AvgIpc) is 3.05. The number of alkyl halides is 2. The van der Waals surface area contributed by atoms with Gasteiger partial charge in [-0.15, -0.1) is 0 Å². The summed E-state index contributed by atoms with van der Waals surface area (Å²) in [5.74, 6) is 1.09. The second-order valence-corrected chi connectivity index (χ2v) is 6.02. The zero-order valence-corrected chi connectivity index (χ0v) is 14.8. The molecule has 136 valence electrons. The van der Waals surface area contributed by atoms with Crippen LogP contribution in [0.1, 0.15) is 23.5 Å². The van der Waals surface area contributed by atoms with Crippen LogP contribution in [0.3, 0.4) is 0 Å². The molecular formula is C16H20F3N5S. The minimum Gasteiger partial charge on any atom is -0.352 e. The van der Waals surface area contributed by atoms with E-state index in [1.165, 1.54) is 24.5 Å². The molecular weight excluding hydrogens is 351 g/mol. The van der Waals surface area contributed by atoms with Gasteiger partial charge in [0.25, 0.3) is 0 Å². The SMILES string of the molecule is CN=C(NCc1ccc(F)cc1CSC)NCc1nccn1C(F)F. The lowest BCUT2D eigenvalue weighted by Gasteiger charge is -2.14. The molecule has 2 rings (SSSR count). The zero-order valence-electron chi connectivity index (χ0n) is 14.0. The quantitative estimate of drug-likeness (QED) is 0.580. The predicted molar refractivity (Wildman–Crippen MR) is 94.1 cm³/mol. The van der Waals surface area contributed by atoms with E-state index in [1.807, 2.05) is 6.26 Å². The van der Waals surface area contributed by atoms with E-state index in [4.69, 9.17) is 0 Å². The number of imidazole rings is 1. The van der Waals surface area contributed by atoms with Crippen molar-refractivity contribution < 1.29 is 13.2 Å². The molecule has 0 saturated carbocycles. The number of aliphatic imine (C=N–C) groups is 1. The van der Waals surface area contributed by atoms with Crippen molar-refractivity contribution in [2.75, 3.05) is 13.3 Å². The molecule has 9 heteroatoms. The molecule has 1 aromatic carbocycles. The largest absolute Gasteiger partial charge is 0.352 e. The van der Waals surface area contributed by atoms with Gasteiger partial charge in [0.15, 0.2) is 5.96 Å². The first-order valence-corrected chi connectivity index (χ1v) is 8.95. The Hall–Kier alpha value is -2.16. The average molecular weight is 371 g/mol. The molecule has 0 fully saturated rings. The Kier molecular flexibility index (Phi) is 7.17. The normalized spacial score (nSPS) is 11.8. The molecule has 2 N–H and O–H groups in total. The van der Waals surface area contributed by atoms with E-state index < -0.39 is 6.55 Å². The summed E-state index contributed by atoms with van der Waals surface area (Å²) in [5, 5.41) is 6.04. The van der Waals surface area contributed by atoms with Crippen LogP contribution in [0.5, 0.6) is 0 Å². The summed E-state index contributed by atoms with van der Waals surface area (Å²) in [6, 6.07) is 4.66. The van der Waals surface area contributed by atoms with E-state index in [0.29, 0.717) is 18.3 Å². The molecule has 0 radical (unpaired) electrons. The first-order chi connectivity index (χ1) is 12.0. The number of rotatable bonds is 7. The van der Waals surface area contributed by atoms with Crippen LogP contribution in [0.25, 0.3) is 0 Å². The Morgan fingerprint density at radius 3 is 2.72 bits per heavy atom. The predicted octanol–water partition coefficient (Wildman–Crippen LogP) is 3.15. The van der Waals surface area contributed by atoms with Crippen LogP contribution in [0.4, 0.5) is 13.2 Å². The van der Waals surface area contributed by atoms with Crippen LogP contribution in [0, 0.1) is 5.82 Å². The molecule has 0 amide bonds. The van der Waals surface area contributed by atoms with Gasteiger partial charge in [-0.2, -0.15) is 20.5 Å². The number of halogens is 3. The minimum atomic E-state index is -2.64. The summed E-state index contributed by atoms with van der Waals surface area (Å²) in [7, 11) is 1.59. The number of aromatic nitrogens is 2. The highest BCUT2D eigenvalue weighted by Crippen LogP contribution is 2.16. The molecule has 0 saturated heterocycles. The van der Waals surface area contributed by atoms with Gasteiger partial charge >= 0.3 is 6.55 Å². The fourth-order valence-electron chi connectivity index (χ4n) is 2.28. The molecule has 2 aromatic rings. The Labute approximate surface area is 148 Å². The second-order valence-electron chi connectivity index (χ2n) is 5.15. The molecule has 25 heavy (non-hydrogen) atoms. The molecule has 1 aromatic heterocycles. The van der Waals surface area contributed by atoms with E-state index in [2.05, 4.69) is 20.6 Å². The number of benzene rings is 1. The summed E-state index contributed by atoms with van der Waals surface area (Å²) in [4.78, 5) is 7.96. The molecule has 0 aliphatic heterocycles. The standard InChI is InChI=1S/C16H20F3N5S/c1-20-16(23-9-14-21-5-6-24(14)15(18)19)22-8-11-3-4-13(17)7-12(11)10-25-2/h3-7,15H,8-10H2,1-2H3,(H2,20,22,23). The van der Waals surface area contributed by atoms with Crippen LogP contribution >= 0.6 is 11.8 Å². The van der Waals surface area contributed by atoms with Crippen LogP contribution < -0.4 is 10.6 Å². The molecule has 1 heterocycles. The minimum absolute atomic E-state index is 0.109. The van der Waals surface area contributed by atoms with Crippen molar-refractivity contribution in [2.24, 2.45) is 4.99 Å². The Bertz CT molecular complexity index is 718. The topological polar surface area (TPSA) is 54.2 Å². The molecule has 5 nitrogen and oxygen atoms in total. The van der Waals surface area contributed by atoms with Gasteiger partial charge < -0.3 is 10.6 Å². The summed E-state index contributed by atoms with van der Waals surface area (Å²) >= 11 is 1.61. The second kappa shape index (κ2) is 9.36. The monoisotopic (exact) mass is 371 g/mol. The van der Waals surface area contributed by atoms with Crippen molar-refractivity contribution in [2.45, 2.75) is 25.4 Å². The first-order valence-electron chi connectivity index (χ1n) is 7.55. The number of nitrogens with one attached hydrogen (secondary N) is 2. The van der Waals surface area contributed by atoms with Gasteiger partial charge in [-0.1, -0.05) is 6.07 Å². The lowest BCUT2D eigenvalue weighted by atomic mass is 10.1. The lowest BCUT2D eigenvalue weighted by Crippen LogP contribution is -2.37. The third-order valence-corrected chi connectivity index (χ3v) is 4.11. The number of hydrogen-bond acceptors (Lipinski definition) is 3. The van der Waals surface area contributed by atoms with Crippen LogP contribution in [-0.4, -0.2) is 28.8 Å². The van der Waals surface area contributed by atoms with Gasteiger partial charge in [0.05, 0.1) is 6.54 Å². The molecule has 0 bridgehead atoms. The van der Waals surface area contributed by atoms with Crippen molar-refractivity contribution >= 4 is 17.7 Å². The maximum Gasteiger partial charge on any atom is 0.319 e. The maximum absolute atomic E-state index is 13.4. The van der Waals surface area contributed by atoms with E-state index in [9.17, 15) is 13.2 Å². The maximum atomic E-state index is 13.4. The van der Waals surface area contributed by atoms with Gasteiger partial charge in [-0.25, -0.2) is 9.37 Å². The summed E-state index contributed by atoms with van der Waals surface area (Å²) in [6.45, 7) is -2.08. The van der Waals surface area contributed by atoms with Crippen LogP contribution in [0.15, 0.2) is 35.6 Å². The van der Waals surface area contributed by atoms with E-state index in [-0.39, 0.29) is 18.2 Å². The third kappa shape index (κ3) is 5.42. The number of guanidine groups is 1. The molecule has 0 spiro atoms. The highest BCUT2D eigenvalue weighted by atomic mass is 32.2. The highest BCUT2D eigenvalue weighted by molar-refractivity contribution is 7.97. The number of thioether (sulfide) groups is 1. The van der Waals surface area contributed by atoms with Gasteiger partial charge in [-0.05, 0) is 29.5 Å². The molecule has 0 aliphatic rings. The lowest BCUT2D eigenvalue weighted by molar-refractivity contribution is 0.0668. The summed E-state index contributed by atoms with van der Waals surface area (Å²) in [5.41, 5.74) is 1.86. The fourth-order valence-corrected chi connectivity index (χ4v) is 2.86. The number of hydrogen-bond donors (Lipinski definition) is 2. The van der Waals surface area contributed by atoms with Crippen molar-refractivity contribution in [1.82, 2.24) is 20.2 Å². The van der Waals surface area contributed by atoms with Gasteiger partial charge in [-0.3, -0.25) is 9.56 Å². The van der Waals surface area contributed by atoms with Crippen molar-refractivity contribution in [1.29, 1.82) is 0 Å². The van der Waals surface area contributed by atoms with Crippen LogP contribution in [0.2, 0.25) is 0 Å². The van der Waals surface area contributed by atoms with Crippen LogP contribution in [-0.2, 0) is 18.8 Å². The van der Waals surface area contributed by atoms with Gasteiger partial charge in [0.1, 0.15) is 11.6 Å². The zero-order chi connectivity index (χ0) is 18.2. The van der Waals surface area contributed by atoms with Gasteiger partial charge in [0, 0.05) is 31.7 Å². The fraction of sp³-hybridized carbons (Fsp3) is 0.375. The molecule has 0 atom stereocenters. The summed E-state index contributed by atoms with van der Waals surface area (Å²) < 4.78 is 39.8. The smallest absolute Gasteiger partial charge is 0.319 e. The Morgan fingerprint density at radius 1 is 1.28 bits per heavy atom. The van der Waals surface area contributed by atoms with Crippen molar-refractivity contribution in [3.05, 3.63) is 53.4 Å². The highest BCUT2D eigenvalue weighted by Gasteiger charge is 2.11. The summed E-state index contributed by atoms with van der Waals surface area (Å²) in [6.07, 6.45) is 4.51.